The van der Waals surface area contributed by atoms with Crippen molar-refractivity contribution in [2.24, 2.45) is 0 Å². The number of nitrogens with zero attached hydrogens (tertiary/aromatic N) is 1. The van der Waals surface area contributed by atoms with Gasteiger partial charge in [0.15, 0.2) is 11.6 Å². The number of nitrogens with two attached hydrogens (primary N) is 2. The number of nitrogen functional groups attached to an aromatic ring is 2. The number of benzene rings is 3. The zero-order valence-electron chi connectivity index (χ0n) is 14.6. The lowest BCUT2D eigenvalue weighted by molar-refractivity contribution is 0.231. The van der Waals surface area contributed by atoms with Gasteiger partial charge >= 0.3 is 0 Å². The van der Waals surface area contributed by atoms with Crippen LogP contribution < -0.4 is 16.8 Å². The molecule has 0 aromatic heterocycles. The molecule has 0 heterocycles. The van der Waals surface area contributed by atoms with Crippen LogP contribution in [-0.4, -0.2) is 0 Å². The van der Waals surface area contributed by atoms with Gasteiger partial charge in [0.25, 0.3) is 0 Å². The summed E-state index contributed by atoms with van der Waals surface area (Å²) >= 11 is 16.0. The first-order valence-electron chi connectivity index (χ1n) is 7.60. The van der Waals surface area contributed by atoms with E-state index in [1.807, 2.05) is 0 Å². The normalized spacial score (nSPS) is 9.77. The van der Waals surface area contributed by atoms with Crippen LogP contribution in [0, 0.1) is 23.3 Å². The molecular weight excluding hydrogens is 479 g/mol. The van der Waals surface area contributed by atoms with Gasteiger partial charge in [0, 0.05) is 0 Å². The lowest BCUT2D eigenvalue weighted by Gasteiger charge is -2.00. The highest BCUT2D eigenvalue weighted by Crippen LogP contribution is 2.25. The SMILES string of the molecule is Fc1ccccc1N(F)F.Nc1cc(F)c(Cl)cc1Cl.Nc1ccc(F)c(Cl)c1F. The molecule has 0 saturated heterocycles. The van der Waals surface area contributed by atoms with Crippen LogP contribution in [0.4, 0.5) is 43.6 Å². The third kappa shape index (κ3) is 7.40. The smallest absolute Gasteiger partial charge is 0.167 e. The van der Waals surface area contributed by atoms with E-state index in [9.17, 15) is 26.5 Å². The number of halogens is 9. The zero-order valence-corrected chi connectivity index (χ0v) is 16.9. The molecule has 0 amide bonds. The summed E-state index contributed by atoms with van der Waals surface area (Å²) in [7, 11) is 0. The Balaban J connectivity index is 0.000000225. The highest BCUT2D eigenvalue weighted by Gasteiger charge is 2.08. The Labute approximate surface area is 182 Å². The molecule has 3 rings (SSSR count). The molecule has 162 valence electrons. The second-order valence-corrected chi connectivity index (χ2v) is 6.43. The molecule has 0 radical (unpaired) electrons. The summed E-state index contributed by atoms with van der Waals surface area (Å²) in [5.41, 5.74) is 9.67. The van der Waals surface area contributed by atoms with E-state index in [0.717, 1.165) is 30.3 Å². The standard InChI is InChI=1S/C6H4Cl2FN.C6H4ClF2N.C6H4F3N/c7-3-1-4(8)6(10)2-5(3)9;7-5-3(8)1-2-4(10)6(5)9;7-5-3-1-2-4-6(5)10(8)9/h2*1-2H,10H2;1-4H. The van der Waals surface area contributed by atoms with Crippen molar-refractivity contribution in [1.29, 1.82) is 0 Å². The average Bonchev–Trinajstić information content (AvgIpc) is 2.69. The Bertz CT molecular complexity index is 928. The highest BCUT2D eigenvalue weighted by atomic mass is 35.5. The molecule has 0 fully saturated rings. The van der Waals surface area contributed by atoms with Crippen LogP contribution in [0.15, 0.2) is 48.5 Å². The summed E-state index contributed by atoms with van der Waals surface area (Å²) in [6.45, 7) is 0. The average molecular weight is 491 g/mol. The fraction of sp³-hybridized carbons (Fsp3) is 0. The summed E-state index contributed by atoms with van der Waals surface area (Å²) in [6, 6.07) is 9.15. The largest absolute Gasteiger partial charge is 0.397 e. The van der Waals surface area contributed by atoms with Gasteiger partial charge in [-0.15, -0.1) is 0 Å². The van der Waals surface area contributed by atoms with Gasteiger partial charge < -0.3 is 11.5 Å². The van der Waals surface area contributed by atoms with Crippen molar-refractivity contribution in [2.75, 3.05) is 16.8 Å². The van der Waals surface area contributed by atoms with E-state index < -0.39 is 39.3 Å². The minimum Gasteiger partial charge on any atom is -0.397 e. The number of hydrogen-bond donors (Lipinski definition) is 2. The van der Waals surface area contributed by atoms with Gasteiger partial charge in [0.05, 0.1) is 21.4 Å². The quantitative estimate of drug-likeness (QED) is 0.124. The Morgan fingerprint density at radius 2 is 1.27 bits per heavy atom. The molecule has 0 spiro atoms. The monoisotopic (exact) mass is 489 g/mol. The van der Waals surface area contributed by atoms with Gasteiger partial charge in [-0.25, -0.2) is 17.6 Å². The molecule has 0 aliphatic rings. The van der Waals surface area contributed by atoms with Crippen molar-refractivity contribution in [1.82, 2.24) is 0 Å². The van der Waals surface area contributed by atoms with Gasteiger partial charge in [0.2, 0.25) is 0 Å². The molecule has 0 unspecified atom stereocenters. The van der Waals surface area contributed by atoms with Crippen molar-refractivity contribution in [3.8, 4) is 0 Å². The third-order valence-corrected chi connectivity index (χ3v) is 4.10. The fourth-order valence-electron chi connectivity index (χ4n) is 1.67. The van der Waals surface area contributed by atoms with Crippen LogP contribution >= 0.6 is 34.8 Å². The maximum absolute atomic E-state index is 12.5. The van der Waals surface area contributed by atoms with Crippen molar-refractivity contribution in [3.05, 3.63) is 86.9 Å². The van der Waals surface area contributed by atoms with E-state index in [1.165, 1.54) is 18.2 Å². The molecule has 3 aromatic rings. The molecule has 4 N–H and O–H groups in total. The van der Waals surface area contributed by atoms with Gasteiger partial charge in [-0.3, -0.25) is 0 Å². The predicted molar refractivity (Wildman–Crippen MR) is 108 cm³/mol. The van der Waals surface area contributed by atoms with Gasteiger partial charge in [-0.1, -0.05) is 55.9 Å². The van der Waals surface area contributed by atoms with Crippen molar-refractivity contribution >= 4 is 51.9 Å². The molecule has 0 bridgehead atoms. The summed E-state index contributed by atoms with van der Waals surface area (Å²) in [5, 5.41) is -1.55. The topological polar surface area (TPSA) is 55.3 Å². The van der Waals surface area contributed by atoms with E-state index >= 15 is 0 Å². The summed E-state index contributed by atoms with van der Waals surface area (Å²) in [6.07, 6.45) is 0. The third-order valence-electron chi connectivity index (χ3n) is 3.14. The minimum atomic E-state index is -1.25. The molecule has 12 heteroatoms. The summed E-state index contributed by atoms with van der Waals surface area (Å²) in [4.78, 5) is 0. The van der Waals surface area contributed by atoms with Gasteiger partial charge in [-0.2, -0.15) is 0 Å². The molecule has 3 aromatic carbocycles. The van der Waals surface area contributed by atoms with E-state index in [2.05, 4.69) is 0 Å². The molecule has 0 saturated carbocycles. The Morgan fingerprint density at radius 1 is 0.667 bits per heavy atom. The van der Waals surface area contributed by atoms with Crippen LogP contribution in [0.3, 0.4) is 0 Å². The summed E-state index contributed by atoms with van der Waals surface area (Å²) < 4.78 is 72.9. The summed E-state index contributed by atoms with van der Waals surface area (Å²) in [5.74, 6) is -3.17. The van der Waals surface area contributed by atoms with Crippen LogP contribution in [0.5, 0.6) is 0 Å². The van der Waals surface area contributed by atoms with E-state index in [0.29, 0.717) is 0 Å². The lowest BCUT2D eigenvalue weighted by atomic mass is 10.3. The van der Waals surface area contributed by atoms with E-state index in [4.69, 9.17) is 46.3 Å². The van der Waals surface area contributed by atoms with Gasteiger partial charge in [0.1, 0.15) is 22.3 Å². The lowest BCUT2D eigenvalue weighted by Crippen LogP contribution is -1.97. The molecule has 0 aliphatic heterocycles. The van der Waals surface area contributed by atoms with Crippen molar-refractivity contribution in [3.63, 3.8) is 0 Å². The molecule has 3 nitrogen and oxygen atoms in total. The Kier molecular flexibility index (Phi) is 9.91. The second-order valence-electron chi connectivity index (χ2n) is 5.24. The predicted octanol–water partition coefficient (Wildman–Crippen LogP) is 7.32. The van der Waals surface area contributed by atoms with Crippen LogP contribution in [0.1, 0.15) is 0 Å². The second kappa shape index (κ2) is 11.6. The maximum Gasteiger partial charge on any atom is 0.167 e. The molecule has 30 heavy (non-hydrogen) atoms. The number of para-hydroxylation sites is 1. The van der Waals surface area contributed by atoms with Crippen LogP contribution in [0.25, 0.3) is 0 Å². The van der Waals surface area contributed by atoms with Gasteiger partial charge in [-0.05, 0) is 41.7 Å². The minimum absolute atomic E-state index is 0.0146. The molecular formula is C18H12Cl3F6N3. The van der Waals surface area contributed by atoms with Crippen molar-refractivity contribution in [2.45, 2.75) is 0 Å². The first-order chi connectivity index (χ1) is 14.0. The Hall–Kier alpha value is -2.49. The van der Waals surface area contributed by atoms with E-state index in [-0.39, 0.29) is 21.4 Å². The Morgan fingerprint density at radius 3 is 1.73 bits per heavy atom. The first kappa shape index (κ1) is 25.5. The maximum atomic E-state index is 12.5. The van der Waals surface area contributed by atoms with E-state index in [1.54, 1.807) is 0 Å². The molecule has 0 aliphatic carbocycles. The number of rotatable bonds is 1. The van der Waals surface area contributed by atoms with Crippen molar-refractivity contribution < 1.29 is 26.5 Å². The van der Waals surface area contributed by atoms with Crippen LogP contribution in [-0.2, 0) is 0 Å². The fourth-order valence-corrected chi connectivity index (χ4v) is 2.22. The number of anilines is 3. The first-order valence-corrected chi connectivity index (χ1v) is 8.74. The number of hydrogen-bond acceptors (Lipinski definition) is 3. The van der Waals surface area contributed by atoms with Crippen LogP contribution in [0.2, 0.25) is 15.1 Å². The molecule has 0 atom stereocenters. The zero-order chi connectivity index (χ0) is 23.0. The highest BCUT2D eigenvalue weighted by molar-refractivity contribution is 6.36.